The summed E-state index contributed by atoms with van der Waals surface area (Å²) in [6, 6.07) is 6.84. The Kier molecular flexibility index (Phi) is 2.89. The summed E-state index contributed by atoms with van der Waals surface area (Å²) in [5.74, 6) is -0.998. The van der Waals surface area contributed by atoms with E-state index in [1.807, 2.05) is 24.3 Å². The fourth-order valence-electron chi connectivity index (χ4n) is 2.93. The number of benzene rings is 1. The molecule has 2 heterocycles. The van der Waals surface area contributed by atoms with Crippen LogP contribution >= 0.6 is 0 Å². The van der Waals surface area contributed by atoms with Crippen LogP contribution in [-0.2, 0) is 16.0 Å². The Bertz CT molecular complexity index is 504. The second kappa shape index (κ2) is 4.57. The number of anilines is 1. The fraction of sp³-hybridized carbons (Fsp3) is 0.429. The van der Waals surface area contributed by atoms with Crippen LogP contribution in [0.1, 0.15) is 18.4 Å². The number of fused-ring (bicyclic) bond motifs is 1. The molecule has 0 bridgehead atoms. The molecule has 5 heteroatoms. The first-order valence-corrected chi connectivity index (χ1v) is 6.54. The number of nitrogens with one attached hydrogen (secondary N) is 1. The van der Waals surface area contributed by atoms with Crippen LogP contribution < -0.4 is 5.32 Å². The van der Waals surface area contributed by atoms with Gasteiger partial charge in [0.15, 0.2) is 0 Å². The van der Waals surface area contributed by atoms with Gasteiger partial charge in [-0.25, -0.2) is 4.79 Å². The summed E-state index contributed by atoms with van der Waals surface area (Å²) in [6.45, 7) is 0.546. The predicted molar refractivity (Wildman–Crippen MR) is 69.9 cm³/mol. The Hall–Kier alpha value is -2.04. The second-order valence-electron chi connectivity index (χ2n) is 5.09. The second-order valence-corrected chi connectivity index (χ2v) is 5.09. The first kappa shape index (κ1) is 12.0. The van der Waals surface area contributed by atoms with E-state index in [1.165, 1.54) is 4.90 Å². The Balaban J connectivity index is 1.74. The summed E-state index contributed by atoms with van der Waals surface area (Å²) in [5, 5.41) is 12.3. The third kappa shape index (κ3) is 2.05. The van der Waals surface area contributed by atoms with E-state index in [9.17, 15) is 9.59 Å². The van der Waals surface area contributed by atoms with E-state index in [0.717, 1.165) is 17.7 Å². The van der Waals surface area contributed by atoms with E-state index in [0.29, 0.717) is 19.4 Å². The molecular weight excluding hydrogens is 244 g/mol. The molecule has 1 aromatic carbocycles. The normalized spacial score (nSPS) is 24.9. The molecule has 0 radical (unpaired) electrons. The summed E-state index contributed by atoms with van der Waals surface area (Å²) in [5.41, 5.74) is 2.10. The quantitative estimate of drug-likeness (QED) is 0.835. The molecule has 2 unspecified atom stereocenters. The highest BCUT2D eigenvalue weighted by Gasteiger charge is 2.38. The minimum Gasteiger partial charge on any atom is -0.480 e. The standard InChI is InChI=1S/C14H16N2O3/c17-13(16-7-3-6-12(16)14(18)19)11-8-9-4-1-2-5-10(9)15-11/h1-2,4-5,11-12,15H,3,6-8H2,(H,18,19). The van der Waals surface area contributed by atoms with Gasteiger partial charge in [-0.05, 0) is 24.5 Å². The van der Waals surface area contributed by atoms with E-state index in [1.54, 1.807) is 0 Å². The first-order chi connectivity index (χ1) is 9.16. The molecule has 0 aliphatic carbocycles. The number of aliphatic carboxylic acids is 1. The highest BCUT2D eigenvalue weighted by atomic mass is 16.4. The maximum absolute atomic E-state index is 12.4. The number of para-hydroxylation sites is 1. The predicted octanol–water partition coefficient (Wildman–Crippen LogP) is 1.10. The number of carbonyl (C=O) groups excluding carboxylic acids is 1. The molecule has 1 fully saturated rings. The molecule has 5 nitrogen and oxygen atoms in total. The van der Waals surface area contributed by atoms with Crippen molar-refractivity contribution in [3.63, 3.8) is 0 Å². The van der Waals surface area contributed by atoms with Gasteiger partial charge >= 0.3 is 5.97 Å². The third-order valence-corrected chi connectivity index (χ3v) is 3.89. The highest BCUT2D eigenvalue weighted by molar-refractivity contribution is 5.91. The maximum atomic E-state index is 12.4. The van der Waals surface area contributed by atoms with Crippen LogP contribution in [0.3, 0.4) is 0 Å². The van der Waals surface area contributed by atoms with Crippen LogP contribution in [0.2, 0.25) is 0 Å². The lowest BCUT2D eigenvalue weighted by atomic mass is 10.1. The van der Waals surface area contributed by atoms with E-state index in [4.69, 9.17) is 5.11 Å². The monoisotopic (exact) mass is 260 g/mol. The molecule has 100 valence electrons. The average Bonchev–Trinajstić information content (AvgIpc) is 3.04. The first-order valence-electron chi connectivity index (χ1n) is 6.54. The number of hydrogen-bond donors (Lipinski definition) is 2. The largest absolute Gasteiger partial charge is 0.480 e. The van der Waals surface area contributed by atoms with E-state index < -0.39 is 12.0 Å². The van der Waals surface area contributed by atoms with Crippen molar-refractivity contribution in [3.8, 4) is 0 Å². The number of carboxylic acid groups (broad SMARTS) is 1. The lowest BCUT2D eigenvalue weighted by molar-refractivity contribution is -0.148. The minimum atomic E-state index is -0.902. The van der Waals surface area contributed by atoms with Crippen molar-refractivity contribution in [1.29, 1.82) is 0 Å². The van der Waals surface area contributed by atoms with Gasteiger partial charge in [-0.15, -0.1) is 0 Å². The zero-order chi connectivity index (χ0) is 13.4. The van der Waals surface area contributed by atoms with Crippen molar-refractivity contribution in [2.75, 3.05) is 11.9 Å². The van der Waals surface area contributed by atoms with Crippen molar-refractivity contribution >= 4 is 17.6 Å². The van der Waals surface area contributed by atoms with Crippen molar-refractivity contribution in [2.24, 2.45) is 0 Å². The van der Waals surface area contributed by atoms with Crippen molar-refractivity contribution in [1.82, 2.24) is 4.90 Å². The molecule has 2 aliphatic rings. The van der Waals surface area contributed by atoms with Crippen LogP contribution in [0.15, 0.2) is 24.3 Å². The zero-order valence-electron chi connectivity index (χ0n) is 10.5. The molecule has 2 aliphatic heterocycles. The van der Waals surface area contributed by atoms with Gasteiger partial charge in [0, 0.05) is 18.7 Å². The van der Waals surface area contributed by atoms with Gasteiger partial charge in [0.05, 0.1) is 0 Å². The number of hydrogen-bond acceptors (Lipinski definition) is 3. The van der Waals surface area contributed by atoms with Crippen molar-refractivity contribution < 1.29 is 14.7 Å². The van der Waals surface area contributed by atoms with Crippen LogP contribution in [0.4, 0.5) is 5.69 Å². The van der Waals surface area contributed by atoms with E-state index in [2.05, 4.69) is 5.32 Å². The van der Waals surface area contributed by atoms with E-state index >= 15 is 0 Å². The van der Waals surface area contributed by atoms with E-state index in [-0.39, 0.29) is 11.9 Å². The fourth-order valence-corrected chi connectivity index (χ4v) is 2.93. The molecule has 19 heavy (non-hydrogen) atoms. The van der Waals surface area contributed by atoms with Gasteiger partial charge in [0.2, 0.25) is 5.91 Å². The molecule has 1 aromatic rings. The van der Waals surface area contributed by atoms with Crippen LogP contribution in [-0.4, -0.2) is 40.5 Å². The lowest BCUT2D eigenvalue weighted by Gasteiger charge is -2.24. The molecule has 1 amide bonds. The molecule has 2 N–H and O–H groups in total. The number of carboxylic acids is 1. The Morgan fingerprint density at radius 3 is 2.84 bits per heavy atom. The average molecular weight is 260 g/mol. The Labute approximate surface area is 111 Å². The topological polar surface area (TPSA) is 69.6 Å². The summed E-state index contributed by atoms with van der Waals surface area (Å²) in [7, 11) is 0. The number of nitrogens with zero attached hydrogens (tertiary/aromatic N) is 1. The van der Waals surface area contributed by atoms with Gasteiger partial charge in [0.25, 0.3) is 0 Å². The molecule has 1 saturated heterocycles. The highest BCUT2D eigenvalue weighted by Crippen LogP contribution is 2.28. The Morgan fingerprint density at radius 2 is 2.11 bits per heavy atom. The maximum Gasteiger partial charge on any atom is 0.326 e. The summed E-state index contributed by atoms with van der Waals surface area (Å²) >= 11 is 0. The molecule has 0 saturated carbocycles. The molecule has 3 rings (SSSR count). The summed E-state index contributed by atoms with van der Waals surface area (Å²) in [4.78, 5) is 25.1. The molecule has 0 aromatic heterocycles. The van der Waals surface area contributed by atoms with Gasteiger partial charge in [-0.3, -0.25) is 4.79 Å². The third-order valence-electron chi connectivity index (χ3n) is 3.89. The Morgan fingerprint density at radius 1 is 1.32 bits per heavy atom. The lowest BCUT2D eigenvalue weighted by Crippen LogP contribution is -2.47. The molecular formula is C14H16N2O3. The van der Waals surface area contributed by atoms with Gasteiger partial charge in [-0.2, -0.15) is 0 Å². The van der Waals surface area contributed by atoms with Crippen LogP contribution in [0, 0.1) is 0 Å². The molecule has 0 spiro atoms. The van der Waals surface area contributed by atoms with Gasteiger partial charge in [-0.1, -0.05) is 18.2 Å². The molecule has 2 atom stereocenters. The van der Waals surface area contributed by atoms with Gasteiger partial charge in [0.1, 0.15) is 12.1 Å². The number of rotatable bonds is 2. The number of amides is 1. The van der Waals surface area contributed by atoms with Crippen molar-refractivity contribution in [2.45, 2.75) is 31.3 Å². The van der Waals surface area contributed by atoms with Crippen LogP contribution in [0.5, 0.6) is 0 Å². The SMILES string of the molecule is O=C(O)C1CCCN1C(=O)C1Cc2ccccc2N1. The van der Waals surface area contributed by atoms with Crippen LogP contribution in [0.25, 0.3) is 0 Å². The van der Waals surface area contributed by atoms with Gasteiger partial charge < -0.3 is 15.3 Å². The minimum absolute atomic E-state index is 0.0962. The smallest absolute Gasteiger partial charge is 0.326 e. The number of carbonyl (C=O) groups is 2. The van der Waals surface area contributed by atoms with Crippen molar-refractivity contribution in [3.05, 3.63) is 29.8 Å². The summed E-state index contributed by atoms with van der Waals surface area (Å²) in [6.07, 6.45) is 1.96. The number of likely N-dealkylation sites (tertiary alicyclic amines) is 1. The summed E-state index contributed by atoms with van der Waals surface area (Å²) < 4.78 is 0. The zero-order valence-corrected chi connectivity index (χ0v) is 10.5.